The maximum Gasteiger partial charge on any atom is 0.471 e. The fourth-order valence-electron chi connectivity index (χ4n) is 3.59. The number of aromatic nitrogens is 5. The largest absolute Gasteiger partial charge is 0.479 e. The summed E-state index contributed by atoms with van der Waals surface area (Å²) in [6.07, 6.45) is -3.76. The predicted octanol–water partition coefficient (Wildman–Crippen LogP) is 4.37. The summed E-state index contributed by atoms with van der Waals surface area (Å²) in [4.78, 5) is 16.7. The fraction of sp³-hybridized carbons (Fsp3) is 0.400. The molecule has 3 heterocycles. The van der Waals surface area contributed by atoms with Gasteiger partial charge in [-0.1, -0.05) is 6.58 Å². The highest BCUT2D eigenvalue weighted by Gasteiger charge is 2.41. The van der Waals surface area contributed by atoms with Gasteiger partial charge in [-0.3, -0.25) is 4.79 Å². The Kier molecular flexibility index (Phi) is 7.75. The molecule has 34 heavy (non-hydrogen) atoms. The van der Waals surface area contributed by atoms with E-state index in [9.17, 15) is 18.0 Å². The van der Waals surface area contributed by atoms with Crippen LogP contribution in [0.25, 0.3) is 28.2 Å². The lowest BCUT2D eigenvalue weighted by atomic mass is 10.1. The van der Waals surface area contributed by atoms with E-state index in [-0.39, 0.29) is 6.54 Å². The summed E-state index contributed by atoms with van der Waals surface area (Å²) in [7, 11) is 4.24. The molecule has 0 radical (unpaired) electrons. The number of fused-ring (bicyclic) bond motifs is 1. The van der Waals surface area contributed by atoms with Crippen LogP contribution >= 0.6 is 28.4 Å². The summed E-state index contributed by atoms with van der Waals surface area (Å²) in [5, 5.41) is 9.72. The van der Waals surface area contributed by atoms with Gasteiger partial charge in [0.2, 0.25) is 11.8 Å². The molecular formula is C20H23F3IN6O3P. The van der Waals surface area contributed by atoms with Crippen LogP contribution < -0.4 is 9.47 Å². The average Bonchev–Trinajstić information content (AvgIpc) is 3.27. The van der Waals surface area contributed by atoms with Gasteiger partial charge < -0.3 is 14.4 Å². The molecule has 184 valence electrons. The molecule has 3 rings (SSSR count). The van der Waals surface area contributed by atoms with Gasteiger partial charge in [-0.2, -0.15) is 23.4 Å². The smallest absolute Gasteiger partial charge is 0.471 e. The number of carbonyl (C=O) groups is 1. The highest BCUT2D eigenvalue weighted by atomic mass is 127. The first kappa shape index (κ1) is 26.2. The van der Waals surface area contributed by atoms with Crippen LogP contribution in [0, 0.1) is 6.92 Å². The summed E-state index contributed by atoms with van der Waals surface area (Å²) in [5.74, 6) is -1.28. The Labute approximate surface area is 208 Å². The number of hydrogen-bond donors (Lipinski definition) is 0. The Morgan fingerprint density at radius 1 is 1.41 bits per heavy atom. The lowest BCUT2D eigenvalue weighted by Gasteiger charge is -2.23. The molecule has 0 aliphatic carbocycles. The van der Waals surface area contributed by atoms with Crippen LogP contribution in [-0.4, -0.2) is 68.1 Å². The molecule has 0 saturated carbocycles. The molecule has 0 aliphatic heterocycles. The maximum atomic E-state index is 12.7. The number of halogens is 4. The van der Waals surface area contributed by atoms with Crippen LogP contribution in [0.3, 0.4) is 0 Å². The normalized spacial score (nSPS) is 13.0. The van der Waals surface area contributed by atoms with Crippen LogP contribution in [0.1, 0.15) is 18.3 Å². The summed E-state index contributed by atoms with van der Waals surface area (Å²) in [6.45, 7) is 6.90. The molecule has 0 aliphatic rings. The topological polar surface area (TPSA) is 87.3 Å². The quantitative estimate of drug-likeness (QED) is 0.278. The number of hydrogen-bond acceptors (Lipinski definition) is 6. The highest BCUT2D eigenvalue weighted by molar-refractivity contribution is 14.2. The average molecular weight is 610 g/mol. The Hall–Kier alpha value is -2.41. The number of rotatable bonds is 8. The van der Waals surface area contributed by atoms with Gasteiger partial charge >= 0.3 is 12.1 Å². The number of aryl methyl sites for hydroxylation is 2. The number of likely N-dealkylation sites (N-methyl/N-ethyl adjacent to an activating group) is 1. The zero-order chi connectivity index (χ0) is 25.4. The van der Waals surface area contributed by atoms with Crippen molar-refractivity contribution in [2.45, 2.75) is 26.1 Å². The van der Waals surface area contributed by atoms with Crippen molar-refractivity contribution in [2.24, 2.45) is 7.05 Å². The number of amides is 1. The Bertz CT molecular complexity index is 1240. The van der Waals surface area contributed by atoms with Crippen LogP contribution in [0.5, 0.6) is 11.8 Å². The van der Waals surface area contributed by atoms with E-state index in [2.05, 4.69) is 43.8 Å². The minimum Gasteiger partial charge on any atom is -0.479 e. The van der Waals surface area contributed by atoms with E-state index in [4.69, 9.17) is 9.47 Å². The molecular weight excluding hydrogens is 587 g/mol. The van der Waals surface area contributed by atoms with Gasteiger partial charge in [-0.15, -0.1) is 0 Å². The van der Waals surface area contributed by atoms with Gasteiger partial charge in [0.15, 0.2) is 0 Å². The Balaban J connectivity index is 2.04. The molecule has 14 heteroatoms. The monoisotopic (exact) mass is 610 g/mol. The molecule has 0 N–H and O–H groups in total. The van der Waals surface area contributed by atoms with Crippen molar-refractivity contribution >= 4 is 51.3 Å². The van der Waals surface area contributed by atoms with E-state index in [1.165, 1.54) is 11.8 Å². The molecule has 0 spiro atoms. The van der Waals surface area contributed by atoms with Gasteiger partial charge in [-0.05, 0) is 48.0 Å². The zero-order valence-corrected chi connectivity index (χ0v) is 22.2. The minimum atomic E-state index is -4.95. The van der Waals surface area contributed by atoms with Gasteiger partial charge in [-0.25, -0.2) is 14.1 Å². The Morgan fingerprint density at radius 2 is 2.09 bits per heavy atom. The summed E-state index contributed by atoms with van der Waals surface area (Å²) >= 11 is 2.21. The SMILES string of the molecule is C=Cc1nn(PI)c2c(OC)nc(-c3c(C)nn(C)c3OC(C)CN(C)C(=O)C(F)(F)F)cc12. The lowest BCUT2D eigenvalue weighted by Crippen LogP contribution is -2.43. The van der Waals surface area contributed by atoms with Crippen LogP contribution in [0.4, 0.5) is 13.2 Å². The second kappa shape index (κ2) is 10.1. The van der Waals surface area contributed by atoms with E-state index < -0.39 is 18.2 Å². The Morgan fingerprint density at radius 3 is 2.65 bits per heavy atom. The first-order valence-electron chi connectivity index (χ1n) is 9.92. The van der Waals surface area contributed by atoms with E-state index in [1.54, 1.807) is 31.4 Å². The number of pyridine rings is 1. The molecule has 1 amide bonds. The first-order chi connectivity index (χ1) is 15.9. The molecule has 0 fully saturated rings. The highest BCUT2D eigenvalue weighted by Crippen LogP contribution is 2.40. The third kappa shape index (κ3) is 4.99. The van der Waals surface area contributed by atoms with Crippen molar-refractivity contribution in [3.8, 4) is 23.0 Å². The molecule has 3 aromatic heterocycles. The molecule has 3 aromatic rings. The summed E-state index contributed by atoms with van der Waals surface area (Å²) in [5.41, 5.74) is 3.03. The predicted molar refractivity (Wildman–Crippen MR) is 133 cm³/mol. The standard InChI is InChI=1S/C20H23F3IN6O3P/c1-7-13-12-8-14(25-17(32-6)16(12)30(27-13)34-24)15-11(3)26-29(5)18(15)33-10(2)9-28(4)19(31)20(21,22)23/h7-8,10,34H,1,9H2,2-6H3. The number of ether oxygens (including phenoxy) is 2. The van der Waals surface area contributed by atoms with E-state index in [0.29, 0.717) is 45.7 Å². The number of alkyl halides is 3. The minimum absolute atomic E-state index is 0.276. The molecule has 0 saturated heterocycles. The van der Waals surface area contributed by atoms with Gasteiger partial charge in [0.1, 0.15) is 11.6 Å². The zero-order valence-electron chi connectivity index (χ0n) is 19.1. The van der Waals surface area contributed by atoms with Crippen molar-refractivity contribution in [1.82, 2.24) is 29.2 Å². The number of nitrogens with zero attached hydrogens (tertiary/aromatic N) is 6. The van der Waals surface area contributed by atoms with Crippen molar-refractivity contribution in [3.05, 3.63) is 24.0 Å². The lowest BCUT2D eigenvalue weighted by molar-refractivity contribution is -0.184. The van der Waals surface area contributed by atoms with Crippen molar-refractivity contribution in [2.75, 3.05) is 20.7 Å². The van der Waals surface area contributed by atoms with Gasteiger partial charge in [0.05, 0.1) is 42.7 Å². The first-order valence-corrected chi connectivity index (χ1v) is 14.0. The van der Waals surface area contributed by atoms with Crippen LogP contribution in [0.15, 0.2) is 12.6 Å². The third-order valence-corrected chi connectivity index (χ3v) is 6.84. The molecule has 2 atom stereocenters. The van der Waals surface area contributed by atoms with E-state index in [1.807, 2.05) is 6.07 Å². The molecule has 0 aromatic carbocycles. The summed E-state index contributed by atoms with van der Waals surface area (Å²) < 4.78 is 53.0. The van der Waals surface area contributed by atoms with E-state index in [0.717, 1.165) is 18.0 Å². The van der Waals surface area contributed by atoms with Gasteiger partial charge in [0.25, 0.3) is 0 Å². The van der Waals surface area contributed by atoms with Crippen molar-refractivity contribution in [3.63, 3.8) is 0 Å². The second-order valence-corrected chi connectivity index (χ2v) is 9.54. The van der Waals surface area contributed by atoms with Crippen molar-refractivity contribution in [1.29, 1.82) is 0 Å². The second-order valence-electron chi connectivity index (χ2n) is 7.50. The van der Waals surface area contributed by atoms with Crippen LogP contribution in [-0.2, 0) is 11.8 Å². The van der Waals surface area contributed by atoms with E-state index >= 15 is 0 Å². The maximum absolute atomic E-state index is 12.7. The van der Waals surface area contributed by atoms with Crippen LogP contribution in [0.2, 0.25) is 0 Å². The molecule has 0 bridgehead atoms. The fourth-order valence-corrected chi connectivity index (χ4v) is 5.08. The molecule has 2 unspecified atom stereocenters. The molecule has 9 nitrogen and oxygen atoms in total. The number of methoxy groups -OCH3 is 1. The summed E-state index contributed by atoms with van der Waals surface area (Å²) in [6, 6.07) is 1.83. The van der Waals surface area contributed by atoms with Gasteiger partial charge in [0, 0.05) is 19.5 Å². The number of carbonyl (C=O) groups excluding carboxylic acids is 1. The third-order valence-electron chi connectivity index (χ3n) is 4.98. The van der Waals surface area contributed by atoms with Crippen molar-refractivity contribution < 1.29 is 27.4 Å².